The molecule has 5 heteroatoms. The summed E-state index contributed by atoms with van der Waals surface area (Å²) in [4.78, 5) is 6.27. The Bertz CT molecular complexity index is 641. The van der Waals surface area contributed by atoms with Gasteiger partial charge in [0.25, 0.3) is 0 Å². The SMILES string of the molecule is C=N/C(NC(=C/CC)/C(C)=C\C)=C(Cl)\C(C#N)=C(/C)N1CCCCC1. The van der Waals surface area contributed by atoms with Crippen LogP contribution in [0.3, 0.4) is 0 Å². The second-order valence-electron chi connectivity index (χ2n) is 6.06. The first-order valence-electron chi connectivity index (χ1n) is 8.83. The standard InChI is InChI=1S/C20H29ClN4/c1-6-11-18(15(3)7-2)24-20(23-5)19(21)17(14-22)16(4)25-12-9-8-10-13-25/h7,11,24H,5-6,8-10,12-13H2,1-4H3/b15-7-,17-16+,18-11+,20-19-. The van der Waals surface area contributed by atoms with E-state index < -0.39 is 0 Å². The molecule has 0 aromatic carbocycles. The predicted octanol–water partition coefficient (Wildman–Crippen LogP) is 5.23. The molecule has 0 spiro atoms. The summed E-state index contributed by atoms with van der Waals surface area (Å²) in [5.41, 5.74) is 3.37. The minimum Gasteiger partial charge on any atom is -0.374 e. The zero-order chi connectivity index (χ0) is 18.8. The van der Waals surface area contributed by atoms with Gasteiger partial charge in [-0.1, -0.05) is 30.7 Å². The molecule has 1 saturated heterocycles. The third-order valence-electron chi connectivity index (χ3n) is 4.41. The van der Waals surface area contributed by atoms with E-state index in [9.17, 15) is 5.26 Å². The Morgan fingerprint density at radius 2 is 1.96 bits per heavy atom. The molecule has 136 valence electrons. The molecular weight excluding hydrogens is 332 g/mol. The Labute approximate surface area is 157 Å². The topological polar surface area (TPSA) is 51.4 Å². The lowest BCUT2D eigenvalue weighted by Crippen LogP contribution is -2.29. The maximum absolute atomic E-state index is 9.67. The Morgan fingerprint density at radius 3 is 2.44 bits per heavy atom. The van der Waals surface area contributed by atoms with Crippen LogP contribution in [-0.4, -0.2) is 24.7 Å². The molecule has 1 aliphatic heterocycles. The van der Waals surface area contributed by atoms with Crippen molar-refractivity contribution in [1.82, 2.24) is 10.2 Å². The normalized spacial score (nSPS) is 18.2. The maximum atomic E-state index is 9.67. The van der Waals surface area contributed by atoms with Gasteiger partial charge in [0.05, 0.1) is 5.57 Å². The Hall–Kier alpha value is -1.99. The molecule has 0 unspecified atom stereocenters. The van der Waals surface area contributed by atoms with E-state index in [-0.39, 0.29) is 0 Å². The van der Waals surface area contributed by atoms with Crippen LogP contribution in [-0.2, 0) is 0 Å². The number of halogens is 1. The minimum absolute atomic E-state index is 0.312. The molecule has 0 atom stereocenters. The first-order valence-corrected chi connectivity index (χ1v) is 9.21. The van der Waals surface area contributed by atoms with Gasteiger partial charge >= 0.3 is 0 Å². The molecule has 1 aliphatic rings. The largest absolute Gasteiger partial charge is 0.374 e. The Kier molecular flexibility index (Phi) is 9.08. The molecule has 1 N–H and O–H groups in total. The van der Waals surface area contributed by atoms with Crippen LogP contribution in [0.4, 0.5) is 0 Å². The summed E-state index contributed by atoms with van der Waals surface area (Å²) >= 11 is 6.55. The molecule has 0 aliphatic carbocycles. The van der Waals surface area contributed by atoms with Crippen LogP contribution < -0.4 is 5.32 Å². The number of piperidine rings is 1. The highest BCUT2D eigenvalue weighted by Crippen LogP contribution is 2.26. The number of rotatable bonds is 7. The summed E-state index contributed by atoms with van der Waals surface area (Å²) in [5.74, 6) is 0.412. The van der Waals surface area contributed by atoms with Crippen molar-refractivity contribution in [2.75, 3.05) is 13.1 Å². The van der Waals surface area contributed by atoms with Gasteiger partial charge in [0.1, 0.15) is 16.9 Å². The molecule has 1 rings (SSSR count). The number of nitrogens with one attached hydrogen (secondary N) is 1. The smallest absolute Gasteiger partial charge is 0.149 e. The molecule has 0 amide bonds. The van der Waals surface area contributed by atoms with E-state index in [2.05, 4.69) is 41.0 Å². The van der Waals surface area contributed by atoms with Crippen molar-refractivity contribution in [3.8, 4) is 6.07 Å². The van der Waals surface area contributed by atoms with Crippen molar-refractivity contribution in [3.63, 3.8) is 0 Å². The predicted molar refractivity (Wildman–Crippen MR) is 107 cm³/mol. The number of hydrogen-bond donors (Lipinski definition) is 1. The van der Waals surface area contributed by atoms with Gasteiger partial charge in [0, 0.05) is 24.5 Å². The van der Waals surface area contributed by atoms with E-state index in [4.69, 9.17) is 11.6 Å². The maximum Gasteiger partial charge on any atom is 0.149 e. The van der Waals surface area contributed by atoms with Gasteiger partial charge in [-0.15, -0.1) is 0 Å². The number of allylic oxidation sites excluding steroid dienone is 6. The lowest BCUT2D eigenvalue weighted by molar-refractivity contribution is 0.284. The van der Waals surface area contributed by atoms with Gasteiger partial charge in [0.15, 0.2) is 0 Å². The van der Waals surface area contributed by atoms with Crippen LogP contribution in [0.1, 0.15) is 53.4 Å². The van der Waals surface area contributed by atoms with Crippen molar-refractivity contribution in [2.24, 2.45) is 4.99 Å². The van der Waals surface area contributed by atoms with Crippen molar-refractivity contribution >= 4 is 18.3 Å². The number of nitriles is 1. The van der Waals surface area contributed by atoms with Crippen LogP contribution in [0.25, 0.3) is 0 Å². The molecule has 25 heavy (non-hydrogen) atoms. The summed E-state index contributed by atoms with van der Waals surface area (Å²) in [6, 6.07) is 2.25. The first-order chi connectivity index (χ1) is 12.0. The number of hydrogen-bond acceptors (Lipinski definition) is 4. The minimum atomic E-state index is 0.312. The third-order valence-corrected chi connectivity index (χ3v) is 4.78. The fraction of sp³-hybridized carbons (Fsp3) is 0.500. The van der Waals surface area contributed by atoms with Crippen LogP contribution in [0.2, 0.25) is 0 Å². The molecule has 4 nitrogen and oxygen atoms in total. The Balaban J connectivity index is 3.25. The fourth-order valence-corrected chi connectivity index (χ4v) is 3.04. The lowest BCUT2D eigenvalue weighted by atomic mass is 10.1. The molecule has 0 radical (unpaired) electrons. The van der Waals surface area contributed by atoms with Gasteiger partial charge in [-0.05, 0) is 58.7 Å². The van der Waals surface area contributed by atoms with Crippen molar-refractivity contribution in [1.29, 1.82) is 5.26 Å². The summed E-state index contributed by atoms with van der Waals surface area (Å²) < 4.78 is 0. The van der Waals surface area contributed by atoms with Gasteiger partial charge in [-0.3, -0.25) is 0 Å². The molecule has 0 aromatic rings. The van der Waals surface area contributed by atoms with Crippen LogP contribution in [0.15, 0.2) is 50.5 Å². The second-order valence-corrected chi connectivity index (χ2v) is 6.44. The van der Waals surface area contributed by atoms with E-state index in [1.54, 1.807) is 0 Å². The molecule has 1 fully saturated rings. The van der Waals surface area contributed by atoms with E-state index in [0.29, 0.717) is 16.4 Å². The summed E-state index contributed by atoms with van der Waals surface area (Å²) in [5, 5.41) is 13.2. The number of aliphatic imine (C=N–C) groups is 1. The third kappa shape index (κ3) is 5.79. The number of likely N-dealkylation sites (tertiary alicyclic amines) is 1. The molecule has 0 bridgehead atoms. The summed E-state index contributed by atoms with van der Waals surface area (Å²) in [6.07, 6.45) is 8.49. The first kappa shape index (κ1) is 21.1. The number of nitrogens with zero attached hydrogens (tertiary/aromatic N) is 3. The molecular formula is C20H29ClN4. The average molecular weight is 361 g/mol. The summed E-state index contributed by atoms with van der Waals surface area (Å²) in [6.45, 7) is 13.6. The van der Waals surface area contributed by atoms with Gasteiger partial charge < -0.3 is 10.2 Å². The van der Waals surface area contributed by atoms with E-state index in [1.165, 1.54) is 6.42 Å². The lowest BCUT2D eigenvalue weighted by Gasteiger charge is -2.30. The van der Waals surface area contributed by atoms with Gasteiger partial charge in [0.2, 0.25) is 0 Å². The molecule has 0 saturated carbocycles. The zero-order valence-corrected chi connectivity index (χ0v) is 16.6. The Morgan fingerprint density at radius 1 is 1.32 bits per heavy atom. The van der Waals surface area contributed by atoms with Gasteiger partial charge in [-0.25, -0.2) is 4.99 Å². The molecule has 0 aromatic heterocycles. The van der Waals surface area contributed by atoms with Crippen LogP contribution in [0, 0.1) is 11.3 Å². The average Bonchev–Trinajstić information content (AvgIpc) is 2.65. The van der Waals surface area contributed by atoms with E-state index in [0.717, 1.165) is 49.3 Å². The highest BCUT2D eigenvalue weighted by atomic mass is 35.5. The molecule has 1 heterocycles. The van der Waals surface area contributed by atoms with E-state index >= 15 is 0 Å². The highest BCUT2D eigenvalue weighted by Gasteiger charge is 2.18. The van der Waals surface area contributed by atoms with Crippen LogP contribution >= 0.6 is 11.6 Å². The fourth-order valence-electron chi connectivity index (χ4n) is 2.76. The van der Waals surface area contributed by atoms with E-state index in [1.807, 2.05) is 26.8 Å². The van der Waals surface area contributed by atoms with Crippen LogP contribution in [0.5, 0.6) is 0 Å². The van der Waals surface area contributed by atoms with Crippen molar-refractivity contribution in [2.45, 2.75) is 53.4 Å². The quantitative estimate of drug-likeness (QED) is 0.384. The zero-order valence-electron chi connectivity index (χ0n) is 15.8. The van der Waals surface area contributed by atoms with Gasteiger partial charge in [-0.2, -0.15) is 5.26 Å². The summed E-state index contributed by atoms with van der Waals surface area (Å²) in [7, 11) is 0. The monoisotopic (exact) mass is 360 g/mol. The van der Waals surface area contributed by atoms with Crippen molar-refractivity contribution in [3.05, 3.63) is 45.5 Å². The second kappa shape index (κ2) is 10.8. The highest BCUT2D eigenvalue weighted by molar-refractivity contribution is 6.32. The van der Waals surface area contributed by atoms with Crippen molar-refractivity contribution < 1.29 is 0 Å².